The fourth-order valence-corrected chi connectivity index (χ4v) is 1.34. The van der Waals surface area contributed by atoms with Crippen molar-refractivity contribution in [2.75, 3.05) is 0 Å². The highest BCUT2D eigenvalue weighted by molar-refractivity contribution is 5.86. The van der Waals surface area contributed by atoms with Gasteiger partial charge in [0, 0.05) is 0 Å². The molecule has 98 valence electrons. The molecule has 18 heavy (non-hydrogen) atoms. The number of benzene rings is 1. The number of hydrogen-bond donors (Lipinski definition) is 2. The third-order valence-corrected chi connectivity index (χ3v) is 2.78. The van der Waals surface area contributed by atoms with Crippen molar-refractivity contribution < 1.29 is 19.4 Å². The number of aliphatic carboxylic acids is 1. The van der Waals surface area contributed by atoms with Crippen molar-refractivity contribution in [3.05, 3.63) is 35.9 Å². The van der Waals surface area contributed by atoms with Crippen LogP contribution in [0.15, 0.2) is 30.3 Å². The molecule has 0 aromatic heterocycles. The molecule has 0 heterocycles. The van der Waals surface area contributed by atoms with E-state index in [9.17, 15) is 9.59 Å². The van der Waals surface area contributed by atoms with E-state index in [2.05, 4.69) is 0 Å². The normalized spacial score (nSPS) is 12.8. The molecule has 3 N–H and O–H groups in total. The Morgan fingerprint density at radius 3 is 2.39 bits per heavy atom. The lowest BCUT2D eigenvalue weighted by Gasteiger charge is -2.26. The van der Waals surface area contributed by atoms with Crippen LogP contribution in [0.4, 0.5) is 0 Å². The summed E-state index contributed by atoms with van der Waals surface area (Å²) in [6, 6.07) is 7.86. The molecule has 0 saturated carbocycles. The maximum atomic E-state index is 11.8. The summed E-state index contributed by atoms with van der Waals surface area (Å²) in [7, 11) is 0. The SMILES string of the molecule is CC(C)(C(=O)OCc1ccccc1)C(N)C(=O)O. The van der Waals surface area contributed by atoms with E-state index in [0.717, 1.165) is 5.56 Å². The molecule has 0 fully saturated rings. The summed E-state index contributed by atoms with van der Waals surface area (Å²) >= 11 is 0. The van der Waals surface area contributed by atoms with E-state index in [1.807, 2.05) is 30.3 Å². The van der Waals surface area contributed by atoms with E-state index in [1.165, 1.54) is 13.8 Å². The first-order chi connectivity index (χ1) is 8.35. The molecule has 1 aromatic rings. The highest BCUT2D eigenvalue weighted by Gasteiger charge is 2.40. The number of rotatable bonds is 5. The number of carbonyl (C=O) groups is 2. The average molecular weight is 251 g/mol. The van der Waals surface area contributed by atoms with Gasteiger partial charge in [-0.25, -0.2) is 0 Å². The van der Waals surface area contributed by atoms with Gasteiger partial charge in [-0.3, -0.25) is 9.59 Å². The Morgan fingerprint density at radius 2 is 1.89 bits per heavy atom. The van der Waals surface area contributed by atoms with Crippen molar-refractivity contribution in [1.29, 1.82) is 0 Å². The van der Waals surface area contributed by atoms with Gasteiger partial charge < -0.3 is 15.6 Å². The summed E-state index contributed by atoms with van der Waals surface area (Å²) in [5, 5.41) is 8.82. The first-order valence-corrected chi connectivity index (χ1v) is 5.55. The largest absolute Gasteiger partial charge is 0.480 e. The second-order valence-corrected chi connectivity index (χ2v) is 4.60. The van der Waals surface area contributed by atoms with Crippen molar-refractivity contribution in [2.45, 2.75) is 26.5 Å². The molecule has 0 amide bonds. The molecule has 1 aromatic carbocycles. The predicted molar refractivity (Wildman–Crippen MR) is 65.6 cm³/mol. The van der Waals surface area contributed by atoms with Gasteiger partial charge in [0.05, 0.1) is 5.41 Å². The molecule has 1 unspecified atom stereocenters. The lowest BCUT2D eigenvalue weighted by Crippen LogP contribution is -2.49. The fraction of sp³-hybridized carbons (Fsp3) is 0.385. The lowest BCUT2D eigenvalue weighted by molar-refractivity contribution is -0.161. The van der Waals surface area contributed by atoms with Crippen molar-refractivity contribution in [3.8, 4) is 0 Å². The molecule has 1 rings (SSSR count). The van der Waals surface area contributed by atoms with Crippen LogP contribution in [0.5, 0.6) is 0 Å². The first kappa shape index (κ1) is 14.2. The Balaban J connectivity index is 2.63. The lowest BCUT2D eigenvalue weighted by atomic mass is 9.85. The molecule has 0 spiro atoms. The zero-order valence-corrected chi connectivity index (χ0v) is 10.4. The highest BCUT2D eigenvalue weighted by Crippen LogP contribution is 2.22. The third-order valence-electron chi connectivity index (χ3n) is 2.78. The minimum atomic E-state index is -1.29. The summed E-state index contributed by atoms with van der Waals surface area (Å²) in [6.45, 7) is 3.02. The fourth-order valence-electron chi connectivity index (χ4n) is 1.34. The summed E-state index contributed by atoms with van der Waals surface area (Å²) in [6.07, 6.45) is 0. The van der Waals surface area contributed by atoms with Crippen LogP contribution < -0.4 is 5.73 Å². The van der Waals surface area contributed by atoms with Gasteiger partial charge in [-0.15, -0.1) is 0 Å². The number of hydrogen-bond acceptors (Lipinski definition) is 4. The Hall–Kier alpha value is -1.88. The van der Waals surface area contributed by atoms with Crippen LogP contribution in [0.3, 0.4) is 0 Å². The van der Waals surface area contributed by atoms with Crippen molar-refractivity contribution >= 4 is 11.9 Å². The minimum Gasteiger partial charge on any atom is -0.480 e. The van der Waals surface area contributed by atoms with Crippen molar-refractivity contribution in [2.24, 2.45) is 11.1 Å². The van der Waals surface area contributed by atoms with Gasteiger partial charge in [-0.2, -0.15) is 0 Å². The molecule has 1 atom stereocenters. The Morgan fingerprint density at radius 1 is 1.33 bits per heavy atom. The molecule has 0 saturated heterocycles. The van der Waals surface area contributed by atoms with Gasteiger partial charge in [0.2, 0.25) is 0 Å². The number of esters is 1. The molecule has 5 heteroatoms. The predicted octanol–water partition coefficient (Wildman–Crippen LogP) is 1.17. The second-order valence-electron chi connectivity index (χ2n) is 4.60. The highest BCUT2D eigenvalue weighted by atomic mass is 16.5. The second kappa shape index (κ2) is 5.64. The Bertz CT molecular complexity index is 428. The first-order valence-electron chi connectivity index (χ1n) is 5.55. The van der Waals surface area contributed by atoms with Crippen LogP contribution in [-0.4, -0.2) is 23.1 Å². The Labute approximate surface area is 106 Å². The molecule has 0 bridgehead atoms. The van der Waals surface area contributed by atoms with E-state index in [1.54, 1.807) is 0 Å². The van der Waals surface area contributed by atoms with Crippen LogP contribution in [0, 0.1) is 5.41 Å². The number of nitrogens with two attached hydrogens (primary N) is 1. The van der Waals surface area contributed by atoms with Gasteiger partial charge in [0.1, 0.15) is 12.6 Å². The van der Waals surface area contributed by atoms with Gasteiger partial charge in [-0.1, -0.05) is 30.3 Å². The number of carboxylic acid groups (broad SMARTS) is 1. The van der Waals surface area contributed by atoms with Crippen LogP contribution in [0.1, 0.15) is 19.4 Å². The summed E-state index contributed by atoms with van der Waals surface area (Å²) in [5.41, 5.74) is 5.04. The molecular formula is C13H17NO4. The van der Waals surface area contributed by atoms with E-state index >= 15 is 0 Å². The molecular weight excluding hydrogens is 234 g/mol. The van der Waals surface area contributed by atoms with Crippen LogP contribution in [-0.2, 0) is 20.9 Å². The van der Waals surface area contributed by atoms with E-state index < -0.39 is 23.4 Å². The van der Waals surface area contributed by atoms with Crippen LogP contribution in [0.25, 0.3) is 0 Å². The van der Waals surface area contributed by atoms with E-state index in [-0.39, 0.29) is 6.61 Å². The summed E-state index contributed by atoms with van der Waals surface area (Å²) in [4.78, 5) is 22.6. The zero-order valence-electron chi connectivity index (χ0n) is 10.4. The van der Waals surface area contributed by atoms with Crippen LogP contribution >= 0.6 is 0 Å². The number of carboxylic acids is 1. The zero-order chi connectivity index (χ0) is 13.8. The molecule has 0 aliphatic rings. The van der Waals surface area contributed by atoms with E-state index in [0.29, 0.717) is 0 Å². The molecule has 5 nitrogen and oxygen atoms in total. The number of carbonyl (C=O) groups excluding carboxylic acids is 1. The van der Waals surface area contributed by atoms with Crippen molar-refractivity contribution in [1.82, 2.24) is 0 Å². The smallest absolute Gasteiger partial charge is 0.321 e. The molecule has 0 aliphatic heterocycles. The standard InChI is InChI=1S/C13H17NO4/c1-13(2,10(14)11(15)16)12(17)18-8-9-6-4-3-5-7-9/h3-7,10H,8,14H2,1-2H3,(H,15,16). The van der Waals surface area contributed by atoms with Crippen molar-refractivity contribution in [3.63, 3.8) is 0 Å². The molecule has 0 radical (unpaired) electrons. The van der Waals surface area contributed by atoms with Gasteiger partial charge >= 0.3 is 11.9 Å². The van der Waals surface area contributed by atoms with E-state index in [4.69, 9.17) is 15.6 Å². The summed E-state index contributed by atoms with van der Waals surface area (Å²) in [5.74, 6) is -1.85. The monoisotopic (exact) mass is 251 g/mol. The third kappa shape index (κ3) is 3.30. The Kier molecular flexibility index (Phi) is 4.44. The van der Waals surface area contributed by atoms with Gasteiger partial charge in [-0.05, 0) is 19.4 Å². The van der Waals surface area contributed by atoms with Crippen LogP contribution in [0.2, 0.25) is 0 Å². The number of ether oxygens (including phenoxy) is 1. The minimum absolute atomic E-state index is 0.107. The van der Waals surface area contributed by atoms with Gasteiger partial charge in [0.25, 0.3) is 0 Å². The maximum absolute atomic E-state index is 11.8. The molecule has 0 aliphatic carbocycles. The van der Waals surface area contributed by atoms with Gasteiger partial charge in [0.15, 0.2) is 0 Å². The quantitative estimate of drug-likeness (QED) is 0.767. The maximum Gasteiger partial charge on any atom is 0.321 e. The average Bonchev–Trinajstić information content (AvgIpc) is 2.35. The summed E-state index contributed by atoms with van der Waals surface area (Å²) < 4.78 is 5.08. The topological polar surface area (TPSA) is 89.6 Å².